The summed E-state index contributed by atoms with van der Waals surface area (Å²) >= 11 is 0. The molecule has 0 aliphatic rings. The Morgan fingerprint density at radius 1 is 1.19 bits per heavy atom. The normalized spacial score (nSPS) is 13.9. The van der Waals surface area contributed by atoms with Gasteiger partial charge in [-0.05, 0) is 65.1 Å². The van der Waals surface area contributed by atoms with Crippen LogP contribution in [0, 0.1) is 5.92 Å². The Kier molecular flexibility index (Phi) is 9.29. The topological polar surface area (TPSA) is 78.9 Å². The first-order valence-corrected chi connectivity index (χ1v) is 9.52. The van der Waals surface area contributed by atoms with Gasteiger partial charge in [-0.25, -0.2) is 4.79 Å². The molecule has 6 heteroatoms. The molecule has 1 aromatic rings. The quantitative estimate of drug-likeness (QED) is 0.651. The van der Waals surface area contributed by atoms with E-state index in [4.69, 9.17) is 4.74 Å². The Hall–Kier alpha value is -2.08. The summed E-state index contributed by atoms with van der Waals surface area (Å²) in [5, 5.41) is 12.3. The molecule has 0 spiro atoms. The molecule has 2 atom stereocenters. The number of carbonyl (C=O) groups excluding carboxylic acids is 1. The van der Waals surface area contributed by atoms with Crippen LogP contribution < -0.4 is 5.32 Å². The second kappa shape index (κ2) is 10.9. The molecule has 6 nitrogen and oxygen atoms in total. The van der Waals surface area contributed by atoms with Crippen molar-refractivity contribution in [3.05, 3.63) is 35.9 Å². The molecule has 2 N–H and O–H groups in total. The van der Waals surface area contributed by atoms with E-state index in [-0.39, 0.29) is 0 Å². The van der Waals surface area contributed by atoms with Crippen molar-refractivity contribution in [3.63, 3.8) is 0 Å². The van der Waals surface area contributed by atoms with Crippen molar-refractivity contribution in [2.24, 2.45) is 5.92 Å². The number of nitrogens with one attached hydrogen (secondary N) is 1. The minimum Gasteiger partial charge on any atom is -0.480 e. The maximum absolute atomic E-state index is 11.6. The van der Waals surface area contributed by atoms with Crippen molar-refractivity contribution < 1.29 is 19.4 Å². The summed E-state index contributed by atoms with van der Waals surface area (Å²) in [6, 6.07) is 9.14. The lowest BCUT2D eigenvalue weighted by atomic mass is 10.0. The van der Waals surface area contributed by atoms with Gasteiger partial charge in [0.05, 0.1) is 0 Å². The van der Waals surface area contributed by atoms with Gasteiger partial charge >= 0.3 is 12.1 Å². The number of rotatable bonds is 10. The van der Waals surface area contributed by atoms with Crippen LogP contribution in [0.3, 0.4) is 0 Å². The van der Waals surface area contributed by atoms with Gasteiger partial charge in [0.2, 0.25) is 0 Å². The fraction of sp³-hybridized carbons (Fsp3) is 0.619. The van der Waals surface area contributed by atoms with E-state index in [0.29, 0.717) is 25.4 Å². The molecule has 0 aliphatic carbocycles. The molecule has 0 aliphatic heterocycles. The summed E-state index contributed by atoms with van der Waals surface area (Å²) in [7, 11) is 1.85. The molecule has 27 heavy (non-hydrogen) atoms. The minimum atomic E-state index is -0.805. The van der Waals surface area contributed by atoms with Crippen molar-refractivity contribution in [2.75, 3.05) is 20.1 Å². The highest BCUT2D eigenvalue weighted by atomic mass is 16.6. The molecule has 1 amide bonds. The average Bonchev–Trinajstić information content (AvgIpc) is 2.56. The summed E-state index contributed by atoms with van der Waals surface area (Å²) in [6.45, 7) is 8.85. The SMILES string of the molecule is C[C@H](CCNC(=O)OC(C)(C)C)CCN(C)[C@@H](Cc1ccccc1)C(=O)O. The first kappa shape index (κ1) is 23.0. The molecule has 0 aromatic heterocycles. The van der Waals surface area contributed by atoms with Crippen LogP contribution in [0.15, 0.2) is 30.3 Å². The van der Waals surface area contributed by atoms with Crippen LogP contribution in [0.5, 0.6) is 0 Å². The van der Waals surface area contributed by atoms with Gasteiger partial charge in [0.1, 0.15) is 11.6 Å². The number of hydrogen-bond donors (Lipinski definition) is 2. The highest BCUT2D eigenvalue weighted by molar-refractivity contribution is 5.73. The summed E-state index contributed by atoms with van der Waals surface area (Å²) in [5.41, 5.74) is 0.523. The van der Waals surface area contributed by atoms with Gasteiger partial charge in [0.25, 0.3) is 0 Å². The van der Waals surface area contributed by atoms with Crippen LogP contribution in [-0.4, -0.2) is 53.8 Å². The zero-order chi connectivity index (χ0) is 20.4. The number of hydrogen-bond acceptors (Lipinski definition) is 4. The van der Waals surface area contributed by atoms with Gasteiger partial charge < -0.3 is 15.2 Å². The lowest BCUT2D eigenvalue weighted by molar-refractivity contribution is -0.142. The Morgan fingerprint density at radius 3 is 2.37 bits per heavy atom. The summed E-state index contributed by atoms with van der Waals surface area (Å²) in [4.78, 5) is 25.2. The van der Waals surface area contributed by atoms with Gasteiger partial charge in [-0.2, -0.15) is 0 Å². The van der Waals surface area contributed by atoms with Crippen LogP contribution >= 0.6 is 0 Å². The molecular weight excluding hydrogens is 344 g/mol. The summed E-state index contributed by atoms with van der Waals surface area (Å²) < 4.78 is 5.21. The number of carbonyl (C=O) groups is 2. The molecular formula is C21H34N2O4. The molecule has 0 radical (unpaired) electrons. The zero-order valence-corrected chi connectivity index (χ0v) is 17.2. The maximum Gasteiger partial charge on any atom is 0.407 e. The monoisotopic (exact) mass is 378 g/mol. The first-order chi connectivity index (χ1) is 12.6. The smallest absolute Gasteiger partial charge is 0.407 e. The minimum absolute atomic E-state index is 0.369. The Bertz CT molecular complexity index is 584. The molecule has 1 aromatic carbocycles. The highest BCUT2D eigenvalue weighted by Gasteiger charge is 2.23. The van der Waals surface area contributed by atoms with Gasteiger partial charge in [-0.1, -0.05) is 37.3 Å². The van der Waals surface area contributed by atoms with Crippen LogP contribution in [0.2, 0.25) is 0 Å². The number of carboxylic acids is 1. The van der Waals surface area contributed by atoms with Crippen LogP contribution in [0.25, 0.3) is 0 Å². The van der Waals surface area contributed by atoms with E-state index < -0.39 is 23.7 Å². The van der Waals surface area contributed by atoms with Crippen LogP contribution in [0.4, 0.5) is 4.79 Å². The van der Waals surface area contributed by atoms with Crippen molar-refractivity contribution in [1.82, 2.24) is 10.2 Å². The average molecular weight is 379 g/mol. The third-order valence-electron chi connectivity index (χ3n) is 4.37. The zero-order valence-electron chi connectivity index (χ0n) is 17.2. The molecule has 0 fully saturated rings. The van der Waals surface area contributed by atoms with E-state index in [9.17, 15) is 14.7 Å². The summed E-state index contributed by atoms with van der Waals surface area (Å²) in [6.07, 6.45) is 1.77. The van der Waals surface area contributed by atoms with Gasteiger partial charge in [0, 0.05) is 6.54 Å². The lowest BCUT2D eigenvalue weighted by Crippen LogP contribution is -2.41. The second-order valence-corrected chi connectivity index (χ2v) is 8.14. The molecule has 0 saturated carbocycles. The number of carboxylic acid groups (broad SMARTS) is 1. The van der Waals surface area contributed by atoms with Gasteiger partial charge in [0.15, 0.2) is 0 Å². The number of amides is 1. The standard InChI is InChI=1S/C21H34N2O4/c1-16(11-13-22-20(26)27-21(2,3)4)12-14-23(5)18(19(24)25)15-17-9-7-6-8-10-17/h6-10,16,18H,11-15H2,1-5H3,(H,22,26)(H,24,25)/t16-,18+/m1/s1. The van der Waals surface area contributed by atoms with Crippen molar-refractivity contribution in [1.29, 1.82) is 0 Å². The molecule has 0 heterocycles. The highest BCUT2D eigenvalue weighted by Crippen LogP contribution is 2.13. The Balaban J connectivity index is 2.36. The van der Waals surface area contributed by atoms with Crippen molar-refractivity contribution >= 4 is 12.1 Å². The number of alkyl carbamates (subject to hydrolysis) is 1. The van der Waals surface area contributed by atoms with E-state index in [1.807, 2.05) is 63.1 Å². The fourth-order valence-electron chi connectivity index (χ4n) is 2.73. The number of likely N-dealkylation sites (N-methyl/N-ethyl adjacent to an activating group) is 1. The predicted molar refractivity (Wildman–Crippen MR) is 107 cm³/mol. The Labute approximate surface area is 162 Å². The van der Waals surface area contributed by atoms with Gasteiger partial charge in [-0.3, -0.25) is 9.69 Å². The maximum atomic E-state index is 11.6. The fourth-order valence-corrected chi connectivity index (χ4v) is 2.73. The number of ether oxygens (including phenoxy) is 1. The molecule has 0 bridgehead atoms. The summed E-state index contributed by atoms with van der Waals surface area (Å²) in [5.74, 6) is -0.436. The number of nitrogens with zero attached hydrogens (tertiary/aromatic N) is 1. The molecule has 152 valence electrons. The van der Waals surface area contributed by atoms with Crippen LogP contribution in [-0.2, 0) is 16.0 Å². The van der Waals surface area contributed by atoms with Crippen molar-refractivity contribution in [2.45, 2.75) is 58.6 Å². The third kappa shape index (κ3) is 9.99. The third-order valence-corrected chi connectivity index (χ3v) is 4.37. The predicted octanol–water partition coefficient (Wildman–Crippen LogP) is 3.56. The van der Waals surface area contributed by atoms with E-state index in [1.54, 1.807) is 0 Å². The molecule has 0 unspecified atom stereocenters. The van der Waals surface area contributed by atoms with E-state index >= 15 is 0 Å². The Morgan fingerprint density at radius 2 is 1.81 bits per heavy atom. The van der Waals surface area contributed by atoms with E-state index in [1.165, 1.54) is 0 Å². The van der Waals surface area contributed by atoms with Crippen LogP contribution in [0.1, 0.15) is 46.1 Å². The largest absolute Gasteiger partial charge is 0.480 e. The van der Waals surface area contributed by atoms with E-state index in [0.717, 1.165) is 18.4 Å². The van der Waals surface area contributed by atoms with Gasteiger partial charge in [-0.15, -0.1) is 0 Å². The first-order valence-electron chi connectivity index (χ1n) is 9.52. The van der Waals surface area contributed by atoms with Crippen molar-refractivity contribution in [3.8, 4) is 0 Å². The van der Waals surface area contributed by atoms with E-state index in [2.05, 4.69) is 12.2 Å². The molecule has 0 saturated heterocycles. The molecule has 1 rings (SSSR count). The number of aliphatic carboxylic acids is 1. The number of benzene rings is 1. The second-order valence-electron chi connectivity index (χ2n) is 8.14. The lowest BCUT2D eigenvalue weighted by Gasteiger charge is -2.26.